The molecule has 1 aliphatic rings. The van der Waals surface area contributed by atoms with Crippen LogP contribution in [-0.2, 0) is 17.9 Å². The van der Waals surface area contributed by atoms with Gasteiger partial charge in [-0.05, 0) is 30.3 Å². The van der Waals surface area contributed by atoms with Crippen LogP contribution in [0.2, 0.25) is 0 Å². The van der Waals surface area contributed by atoms with Gasteiger partial charge < -0.3 is 20.6 Å². The number of nitrogens with one attached hydrogen (secondary N) is 3. The molecular formula is C19H19FN4O4. The molecule has 3 amide bonds. The van der Waals surface area contributed by atoms with Gasteiger partial charge in [-0.3, -0.25) is 14.9 Å². The van der Waals surface area contributed by atoms with E-state index in [-0.39, 0.29) is 31.4 Å². The summed E-state index contributed by atoms with van der Waals surface area (Å²) in [6, 6.07) is 9.81. The molecule has 0 bridgehead atoms. The van der Waals surface area contributed by atoms with Crippen LogP contribution in [0.5, 0.6) is 0 Å². The fourth-order valence-corrected chi connectivity index (χ4v) is 3.07. The average molecular weight is 386 g/mol. The van der Waals surface area contributed by atoms with E-state index >= 15 is 0 Å². The molecule has 0 saturated heterocycles. The first-order valence-electron chi connectivity index (χ1n) is 8.53. The lowest BCUT2D eigenvalue weighted by atomic mass is 10.1. The van der Waals surface area contributed by atoms with E-state index in [1.165, 1.54) is 11.0 Å². The van der Waals surface area contributed by atoms with Crippen LogP contribution in [0.4, 0.5) is 20.6 Å². The fourth-order valence-electron chi connectivity index (χ4n) is 3.07. The SMILES string of the molecule is CNc1ccc(F)c(CNc2cccc3c2CN(CC(=O)NC(=O)O)C3=O)c1. The Kier molecular flexibility index (Phi) is 5.44. The van der Waals surface area contributed by atoms with Gasteiger partial charge in [0.05, 0.1) is 0 Å². The first-order chi connectivity index (χ1) is 13.4. The Morgan fingerprint density at radius 1 is 1.25 bits per heavy atom. The molecule has 146 valence electrons. The molecule has 0 spiro atoms. The average Bonchev–Trinajstić information content (AvgIpc) is 2.97. The molecule has 2 aromatic carbocycles. The Morgan fingerprint density at radius 2 is 2.04 bits per heavy atom. The highest BCUT2D eigenvalue weighted by molar-refractivity contribution is 6.02. The minimum absolute atomic E-state index is 0.156. The number of carboxylic acid groups (broad SMARTS) is 1. The second-order valence-electron chi connectivity index (χ2n) is 6.26. The molecule has 0 atom stereocenters. The van der Waals surface area contributed by atoms with E-state index in [1.54, 1.807) is 42.7 Å². The summed E-state index contributed by atoms with van der Waals surface area (Å²) in [7, 11) is 1.75. The zero-order valence-electron chi connectivity index (χ0n) is 15.1. The molecule has 0 aliphatic carbocycles. The number of hydrogen-bond acceptors (Lipinski definition) is 5. The van der Waals surface area contributed by atoms with Gasteiger partial charge in [0.1, 0.15) is 12.4 Å². The van der Waals surface area contributed by atoms with Crippen LogP contribution < -0.4 is 16.0 Å². The molecule has 0 saturated carbocycles. The third-order valence-corrected chi connectivity index (χ3v) is 4.43. The van der Waals surface area contributed by atoms with Crippen molar-refractivity contribution >= 4 is 29.3 Å². The van der Waals surface area contributed by atoms with Crippen molar-refractivity contribution < 1.29 is 23.9 Å². The van der Waals surface area contributed by atoms with Crippen LogP contribution in [0, 0.1) is 5.82 Å². The van der Waals surface area contributed by atoms with Crippen molar-refractivity contribution in [1.29, 1.82) is 0 Å². The van der Waals surface area contributed by atoms with E-state index in [9.17, 15) is 18.8 Å². The topological polar surface area (TPSA) is 111 Å². The van der Waals surface area contributed by atoms with Crippen LogP contribution in [0.1, 0.15) is 21.5 Å². The second-order valence-corrected chi connectivity index (χ2v) is 6.26. The van der Waals surface area contributed by atoms with Gasteiger partial charge in [0, 0.05) is 48.2 Å². The number of amides is 3. The number of carbonyl (C=O) groups is 3. The van der Waals surface area contributed by atoms with Crippen LogP contribution in [-0.4, -0.2) is 41.5 Å². The quantitative estimate of drug-likeness (QED) is 0.606. The lowest BCUT2D eigenvalue weighted by Gasteiger charge is -2.15. The number of halogens is 1. The summed E-state index contributed by atoms with van der Waals surface area (Å²) in [5.41, 5.74) is 3.01. The van der Waals surface area contributed by atoms with Gasteiger partial charge in [0.2, 0.25) is 5.91 Å². The van der Waals surface area contributed by atoms with Crippen molar-refractivity contribution in [2.75, 3.05) is 24.2 Å². The Balaban J connectivity index is 1.74. The summed E-state index contributed by atoms with van der Waals surface area (Å²) in [6.45, 7) is 0.00695. The van der Waals surface area contributed by atoms with E-state index < -0.39 is 12.0 Å². The summed E-state index contributed by atoms with van der Waals surface area (Å²) in [6.07, 6.45) is -1.47. The summed E-state index contributed by atoms with van der Waals surface area (Å²) in [5.74, 6) is -1.49. The maximum atomic E-state index is 14.0. The number of fused-ring (bicyclic) bond motifs is 1. The molecular weight excluding hydrogens is 367 g/mol. The number of hydrogen-bond donors (Lipinski definition) is 4. The zero-order chi connectivity index (χ0) is 20.3. The predicted octanol–water partition coefficient (Wildman–Crippen LogP) is 2.23. The number of carbonyl (C=O) groups excluding carboxylic acids is 2. The number of nitrogens with zero attached hydrogens (tertiary/aromatic N) is 1. The lowest BCUT2D eigenvalue weighted by Crippen LogP contribution is -2.39. The van der Waals surface area contributed by atoms with Gasteiger partial charge in [-0.25, -0.2) is 9.18 Å². The number of benzene rings is 2. The van der Waals surface area contributed by atoms with Gasteiger partial charge >= 0.3 is 6.09 Å². The molecule has 4 N–H and O–H groups in total. The molecule has 9 heteroatoms. The molecule has 0 aromatic heterocycles. The smallest absolute Gasteiger partial charge is 0.411 e. The van der Waals surface area contributed by atoms with Crippen molar-refractivity contribution in [3.8, 4) is 0 Å². The molecule has 0 radical (unpaired) electrons. The monoisotopic (exact) mass is 386 g/mol. The molecule has 3 rings (SSSR count). The zero-order valence-corrected chi connectivity index (χ0v) is 15.1. The van der Waals surface area contributed by atoms with Gasteiger partial charge in [0.15, 0.2) is 0 Å². The van der Waals surface area contributed by atoms with Crippen molar-refractivity contribution in [2.24, 2.45) is 0 Å². The van der Waals surface area contributed by atoms with Crippen molar-refractivity contribution in [3.05, 3.63) is 58.9 Å². The molecule has 8 nitrogen and oxygen atoms in total. The number of rotatable bonds is 6. The van der Waals surface area contributed by atoms with Crippen molar-refractivity contribution in [3.63, 3.8) is 0 Å². The molecule has 0 fully saturated rings. The number of imide groups is 1. The standard InChI is InChI=1S/C19H19FN4O4/c1-21-12-5-6-15(20)11(7-12)8-22-16-4-2-3-13-14(16)9-24(18(13)26)10-17(25)23-19(27)28/h2-7,21-22H,8-10H2,1H3,(H,23,25)(H,27,28). The molecule has 1 heterocycles. The highest BCUT2D eigenvalue weighted by Crippen LogP contribution is 2.29. The van der Waals surface area contributed by atoms with Crippen LogP contribution in [0.15, 0.2) is 36.4 Å². The maximum absolute atomic E-state index is 14.0. The van der Waals surface area contributed by atoms with Crippen molar-refractivity contribution in [2.45, 2.75) is 13.1 Å². The maximum Gasteiger partial charge on any atom is 0.411 e. The normalized spacial score (nSPS) is 12.5. The largest absolute Gasteiger partial charge is 0.465 e. The Bertz CT molecular complexity index is 948. The second kappa shape index (κ2) is 7.95. The minimum atomic E-state index is -1.47. The molecule has 2 aromatic rings. The highest BCUT2D eigenvalue weighted by Gasteiger charge is 2.30. The summed E-state index contributed by atoms with van der Waals surface area (Å²) < 4.78 is 14.0. The van der Waals surface area contributed by atoms with E-state index in [0.29, 0.717) is 22.4 Å². The third kappa shape index (κ3) is 4.03. The Labute approximate surface area is 160 Å². The predicted molar refractivity (Wildman–Crippen MR) is 101 cm³/mol. The van der Waals surface area contributed by atoms with Crippen LogP contribution in [0.25, 0.3) is 0 Å². The van der Waals surface area contributed by atoms with Gasteiger partial charge in [-0.2, -0.15) is 0 Å². The Morgan fingerprint density at radius 3 is 2.75 bits per heavy atom. The lowest BCUT2D eigenvalue weighted by molar-refractivity contribution is -0.121. The van der Waals surface area contributed by atoms with E-state index in [2.05, 4.69) is 10.6 Å². The van der Waals surface area contributed by atoms with Gasteiger partial charge in [0.25, 0.3) is 5.91 Å². The van der Waals surface area contributed by atoms with E-state index in [4.69, 9.17) is 5.11 Å². The van der Waals surface area contributed by atoms with Crippen molar-refractivity contribution in [1.82, 2.24) is 10.2 Å². The fraction of sp³-hybridized carbons (Fsp3) is 0.211. The van der Waals surface area contributed by atoms with Gasteiger partial charge in [-0.15, -0.1) is 0 Å². The van der Waals surface area contributed by atoms with E-state index in [0.717, 1.165) is 5.69 Å². The van der Waals surface area contributed by atoms with Crippen LogP contribution >= 0.6 is 0 Å². The number of anilines is 2. The van der Waals surface area contributed by atoms with E-state index in [1.807, 2.05) is 0 Å². The Hall–Kier alpha value is -3.62. The molecule has 28 heavy (non-hydrogen) atoms. The first kappa shape index (κ1) is 19.2. The highest BCUT2D eigenvalue weighted by atomic mass is 19.1. The summed E-state index contributed by atoms with van der Waals surface area (Å²) >= 11 is 0. The third-order valence-electron chi connectivity index (χ3n) is 4.43. The van der Waals surface area contributed by atoms with Gasteiger partial charge in [-0.1, -0.05) is 6.07 Å². The molecule has 1 aliphatic heterocycles. The summed E-state index contributed by atoms with van der Waals surface area (Å²) in [4.78, 5) is 35.9. The van der Waals surface area contributed by atoms with Crippen LogP contribution in [0.3, 0.4) is 0 Å². The molecule has 0 unspecified atom stereocenters. The minimum Gasteiger partial charge on any atom is -0.465 e. The summed E-state index contributed by atoms with van der Waals surface area (Å²) in [5, 5.41) is 16.4. The first-order valence-corrected chi connectivity index (χ1v) is 8.53.